The molecule has 2 aliphatic heterocycles. The van der Waals surface area contributed by atoms with Gasteiger partial charge >= 0.3 is 12.0 Å². The van der Waals surface area contributed by atoms with E-state index in [0.29, 0.717) is 53.6 Å². The Balaban J connectivity index is 1.66. The molecule has 8 nitrogen and oxygen atoms in total. The average Bonchev–Trinajstić information content (AvgIpc) is 2.91. The van der Waals surface area contributed by atoms with E-state index in [0.717, 1.165) is 0 Å². The highest BCUT2D eigenvalue weighted by Crippen LogP contribution is 2.33. The molecule has 0 unspecified atom stereocenters. The number of esters is 1. The van der Waals surface area contributed by atoms with Gasteiger partial charge in [0.2, 0.25) is 0 Å². The highest BCUT2D eigenvalue weighted by atomic mass is 35.5. The number of benzene rings is 2. The number of carbonyl (C=O) groups excluding carboxylic acids is 3. The Bertz CT molecular complexity index is 1230. The first-order chi connectivity index (χ1) is 18.3. The summed E-state index contributed by atoms with van der Waals surface area (Å²) in [7, 11) is 0. The molecule has 0 aromatic heterocycles. The van der Waals surface area contributed by atoms with E-state index in [2.05, 4.69) is 16.8 Å². The van der Waals surface area contributed by atoms with Crippen LogP contribution < -0.4 is 5.32 Å². The molecule has 1 N–H and O–H groups in total. The summed E-state index contributed by atoms with van der Waals surface area (Å²) in [5.74, 6) is -0.497. The quantitative estimate of drug-likeness (QED) is 0.403. The van der Waals surface area contributed by atoms with E-state index in [4.69, 9.17) is 16.3 Å². The van der Waals surface area contributed by atoms with Crippen molar-refractivity contribution in [3.8, 4) is 0 Å². The molecule has 0 bridgehead atoms. The minimum atomic E-state index is -0.713. The zero-order valence-electron chi connectivity index (χ0n) is 21.7. The summed E-state index contributed by atoms with van der Waals surface area (Å²) >= 11 is 6.25. The lowest BCUT2D eigenvalue weighted by Gasteiger charge is -2.43. The van der Waals surface area contributed by atoms with Crippen molar-refractivity contribution in [2.75, 3.05) is 39.3 Å². The first kappa shape index (κ1) is 27.4. The molecular weight excluding hydrogens is 504 g/mol. The summed E-state index contributed by atoms with van der Waals surface area (Å²) in [6, 6.07) is 15.2. The number of ether oxygens (including phenoxy) is 1. The van der Waals surface area contributed by atoms with Crippen LogP contribution in [0.1, 0.15) is 35.8 Å². The van der Waals surface area contributed by atoms with Crippen molar-refractivity contribution >= 4 is 29.5 Å². The Kier molecular flexibility index (Phi) is 8.86. The third-order valence-corrected chi connectivity index (χ3v) is 7.03. The second kappa shape index (κ2) is 12.3. The van der Waals surface area contributed by atoms with Gasteiger partial charge in [0, 0.05) is 55.0 Å². The van der Waals surface area contributed by atoms with Gasteiger partial charge < -0.3 is 15.0 Å². The summed E-state index contributed by atoms with van der Waals surface area (Å²) in [5, 5.41) is 3.45. The highest BCUT2D eigenvalue weighted by molar-refractivity contribution is 6.30. The van der Waals surface area contributed by atoms with Crippen LogP contribution in [0.25, 0.3) is 0 Å². The van der Waals surface area contributed by atoms with Crippen LogP contribution in [0.5, 0.6) is 0 Å². The maximum absolute atomic E-state index is 13.3. The lowest BCUT2D eigenvalue weighted by molar-refractivity contribution is -0.139. The topological polar surface area (TPSA) is 82.2 Å². The Morgan fingerprint density at radius 2 is 1.92 bits per heavy atom. The van der Waals surface area contributed by atoms with Gasteiger partial charge in [0.25, 0.3) is 5.91 Å². The first-order valence-electron chi connectivity index (χ1n) is 12.8. The van der Waals surface area contributed by atoms with Gasteiger partial charge in [0.15, 0.2) is 0 Å². The number of hydrogen-bond donors (Lipinski definition) is 1. The van der Waals surface area contributed by atoms with Gasteiger partial charge in [-0.15, -0.1) is 6.58 Å². The molecule has 2 atom stereocenters. The second-order valence-corrected chi connectivity index (χ2v) is 9.80. The van der Waals surface area contributed by atoms with Gasteiger partial charge in [-0.2, -0.15) is 0 Å². The molecular formula is C29H33ClN4O4. The van der Waals surface area contributed by atoms with Crippen molar-refractivity contribution in [2.24, 2.45) is 0 Å². The number of rotatable bonds is 8. The van der Waals surface area contributed by atoms with E-state index in [1.165, 1.54) is 4.90 Å². The van der Waals surface area contributed by atoms with Crippen molar-refractivity contribution in [2.45, 2.75) is 25.9 Å². The third-order valence-electron chi connectivity index (χ3n) is 6.79. The number of nitrogens with zero attached hydrogens (tertiary/aromatic N) is 3. The highest BCUT2D eigenvalue weighted by Gasteiger charge is 2.39. The van der Waals surface area contributed by atoms with Gasteiger partial charge in [0.05, 0.1) is 18.2 Å². The summed E-state index contributed by atoms with van der Waals surface area (Å²) in [4.78, 5) is 45.3. The Morgan fingerprint density at radius 1 is 1.16 bits per heavy atom. The van der Waals surface area contributed by atoms with Crippen LogP contribution in [0, 0.1) is 0 Å². The lowest BCUT2D eigenvalue weighted by Crippen LogP contribution is -2.56. The molecule has 4 rings (SSSR count). The Hall–Kier alpha value is -3.62. The predicted molar refractivity (Wildman–Crippen MR) is 147 cm³/mol. The van der Waals surface area contributed by atoms with Crippen LogP contribution in [0.4, 0.5) is 4.79 Å². The van der Waals surface area contributed by atoms with Crippen LogP contribution in [-0.2, 0) is 9.53 Å². The summed E-state index contributed by atoms with van der Waals surface area (Å²) in [6.45, 7) is 10.0. The number of urea groups is 1. The Morgan fingerprint density at radius 3 is 2.58 bits per heavy atom. The van der Waals surface area contributed by atoms with E-state index in [1.807, 2.05) is 48.2 Å². The van der Waals surface area contributed by atoms with Crippen LogP contribution in [0.2, 0.25) is 5.02 Å². The van der Waals surface area contributed by atoms with E-state index < -0.39 is 12.0 Å². The zero-order valence-corrected chi connectivity index (χ0v) is 22.5. The van der Waals surface area contributed by atoms with E-state index in [9.17, 15) is 14.4 Å². The van der Waals surface area contributed by atoms with Gasteiger partial charge in [0.1, 0.15) is 0 Å². The fourth-order valence-electron chi connectivity index (χ4n) is 5.02. The number of nitrogens with one attached hydrogen (secondary N) is 1. The molecule has 9 heteroatoms. The number of amides is 3. The van der Waals surface area contributed by atoms with Gasteiger partial charge in [-0.05, 0) is 43.7 Å². The first-order valence-corrected chi connectivity index (χ1v) is 13.1. The summed E-state index contributed by atoms with van der Waals surface area (Å²) < 4.78 is 5.46. The molecule has 0 spiro atoms. The standard InChI is InChI=1S/C29H33ClN4O4/c1-4-14-34-24(19-32-15-16-33(20(3)18-32)27(35)21-10-7-6-8-11-21)25(28(36)38-5-2)26(31-29(34)37)22-12-9-13-23(30)17-22/h4,6-13,17,20,26H,1,5,14-16,18-19H2,2-3H3,(H,31,37)/t20-,26+/m1/s1. The molecule has 2 aromatic carbocycles. The van der Waals surface area contributed by atoms with E-state index >= 15 is 0 Å². The fourth-order valence-corrected chi connectivity index (χ4v) is 5.22. The van der Waals surface area contributed by atoms with E-state index in [1.54, 1.807) is 31.2 Å². The number of hydrogen-bond acceptors (Lipinski definition) is 5. The van der Waals surface area contributed by atoms with Crippen LogP contribution in [0.15, 0.2) is 78.5 Å². The number of piperazine rings is 1. The SMILES string of the molecule is C=CCN1C(=O)N[C@@H](c2cccc(Cl)c2)C(C(=O)OCC)=C1CN1CCN(C(=O)c2ccccc2)[C@H](C)C1. The minimum absolute atomic E-state index is 0.00414. The average molecular weight is 537 g/mol. The molecule has 0 saturated carbocycles. The van der Waals surface area contributed by atoms with Crippen molar-refractivity contribution in [1.29, 1.82) is 0 Å². The molecule has 0 aliphatic carbocycles. The molecule has 200 valence electrons. The molecule has 1 fully saturated rings. The van der Waals surface area contributed by atoms with Gasteiger partial charge in [-0.25, -0.2) is 9.59 Å². The fraction of sp³-hybridized carbons (Fsp3) is 0.345. The third kappa shape index (κ3) is 5.92. The molecule has 3 amide bonds. The van der Waals surface area contributed by atoms with Crippen LogP contribution >= 0.6 is 11.6 Å². The lowest BCUT2D eigenvalue weighted by atomic mass is 9.94. The summed E-state index contributed by atoms with van der Waals surface area (Å²) in [6.07, 6.45) is 1.63. The largest absolute Gasteiger partial charge is 0.463 e. The van der Waals surface area contributed by atoms with Crippen LogP contribution in [-0.4, -0.2) is 78.0 Å². The maximum Gasteiger partial charge on any atom is 0.338 e. The van der Waals surface area contributed by atoms with Crippen LogP contribution in [0.3, 0.4) is 0 Å². The van der Waals surface area contributed by atoms with Gasteiger partial charge in [-0.1, -0.05) is 48.0 Å². The number of halogens is 1. The molecule has 0 radical (unpaired) electrons. The van der Waals surface area contributed by atoms with Crippen molar-refractivity contribution in [3.63, 3.8) is 0 Å². The smallest absolute Gasteiger partial charge is 0.338 e. The summed E-state index contributed by atoms with van der Waals surface area (Å²) in [5.41, 5.74) is 2.28. The molecule has 2 heterocycles. The predicted octanol–water partition coefficient (Wildman–Crippen LogP) is 4.26. The molecule has 1 saturated heterocycles. The van der Waals surface area contributed by atoms with E-state index in [-0.39, 0.29) is 31.1 Å². The second-order valence-electron chi connectivity index (χ2n) is 9.37. The minimum Gasteiger partial charge on any atom is -0.463 e. The van der Waals surface area contributed by atoms with Crippen molar-refractivity contribution < 1.29 is 19.1 Å². The van der Waals surface area contributed by atoms with Gasteiger partial charge in [-0.3, -0.25) is 14.6 Å². The molecule has 38 heavy (non-hydrogen) atoms. The zero-order chi connectivity index (χ0) is 27.2. The monoisotopic (exact) mass is 536 g/mol. The Labute approximate surface area is 228 Å². The van der Waals surface area contributed by atoms with Crippen molar-refractivity contribution in [3.05, 3.63) is 94.7 Å². The molecule has 2 aliphatic rings. The number of carbonyl (C=O) groups is 3. The maximum atomic E-state index is 13.3. The van der Waals surface area contributed by atoms with Crippen molar-refractivity contribution in [1.82, 2.24) is 20.0 Å². The molecule has 2 aromatic rings. The normalized spacial score (nSPS) is 20.2.